The number of pyridine rings is 1. The van der Waals surface area contributed by atoms with Gasteiger partial charge in [0.15, 0.2) is 0 Å². The molecular formula is C15H22N2. The number of nitrogens with one attached hydrogen (secondary N) is 1. The van der Waals surface area contributed by atoms with Crippen molar-refractivity contribution < 1.29 is 0 Å². The van der Waals surface area contributed by atoms with E-state index in [9.17, 15) is 0 Å². The third-order valence-electron chi connectivity index (χ3n) is 4.21. The number of hydrogen-bond donors (Lipinski definition) is 1. The third kappa shape index (κ3) is 2.23. The number of hydrogen-bond acceptors (Lipinski definition) is 2. The Balaban J connectivity index is 1.77. The predicted molar refractivity (Wildman–Crippen MR) is 70.0 cm³/mol. The van der Waals surface area contributed by atoms with Gasteiger partial charge >= 0.3 is 0 Å². The van der Waals surface area contributed by atoms with Gasteiger partial charge in [-0.2, -0.15) is 0 Å². The first-order valence-corrected chi connectivity index (χ1v) is 6.74. The molecule has 0 atom stereocenters. The summed E-state index contributed by atoms with van der Waals surface area (Å²) >= 11 is 0. The molecule has 2 heteroatoms. The highest BCUT2D eigenvalue weighted by Crippen LogP contribution is 2.55. The average molecular weight is 230 g/mol. The second kappa shape index (κ2) is 3.81. The van der Waals surface area contributed by atoms with Crippen molar-refractivity contribution in [1.29, 1.82) is 0 Å². The maximum Gasteiger partial charge on any atom is 0.0306 e. The summed E-state index contributed by atoms with van der Waals surface area (Å²) in [7, 11) is 0. The molecule has 0 spiro atoms. The van der Waals surface area contributed by atoms with Crippen molar-refractivity contribution in [2.45, 2.75) is 51.0 Å². The normalized spacial score (nSPS) is 25.3. The lowest BCUT2D eigenvalue weighted by Crippen LogP contribution is -2.52. The first kappa shape index (κ1) is 11.2. The van der Waals surface area contributed by atoms with Gasteiger partial charge < -0.3 is 5.32 Å². The minimum atomic E-state index is 0.348. The van der Waals surface area contributed by atoms with E-state index in [4.69, 9.17) is 0 Å². The summed E-state index contributed by atoms with van der Waals surface area (Å²) in [6.07, 6.45) is 9.23. The molecular weight excluding hydrogens is 208 g/mol. The fourth-order valence-corrected chi connectivity index (χ4v) is 3.52. The van der Waals surface area contributed by atoms with Gasteiger partial charge in [-0.1, -0.05) is 19.9 Å². The molecule has 3 rings (SSSR count). The molecule has 1 N–H and O–H groups in total. The van der Waals surface area contributed by atoms with Crippen molar-refractivity contribution in [2.24, 2.45) is 5.41 Å². The van der Waals surface area contributed by atoms with E-state index in [0.717, 1.165) is 12.6 Å². The molecule has 0 bridgehead atoms. The summed E-state index contributed by atoms with van der Waals surface area (Å²) in [6.45, 7) is 5.88. The summed E-state index contributed by atoms with van der Waals surface area (Å²) in [5.41, 5.74) is 2.27. The van der Waals surface area contributed by atoms with Gasteiger partial charge in [0.1, 0.15) is 0 Å². The number of rotatable bonds is 4. The van der Waals surface area contributed by atoms with E-state index in [1.165, 1.54) is 31.2 Å². The quantitative estimate of drug-likeness (QED) is 0.860. The Morgan fingerprint density at radius 2 is 2.12 bits per heavy atom. The molecule has 1 aromatic heterocycles. The van der Waals surface area contributed by atoms with E-state index < -0.39 is 0 Å². The van der Waals surface area contributed by atoms with Gasteiger partial charge in [0, 0.05) is 30.4 Å². The molecule has 0 radical (unpaired) electrons. The fourth-order valence-electron chi connectivity index (χ4n) is 3.52. The van der Waals surface area contributed by atoms with E-state index in [1.54, 1.807) is 0 Å². The summed E-state index contributed by atoms with van der Waals surface area (Å²) in [4.78, 5) is 4.30. The van der Waals surface area contributed by atoms with Crippen LogP contribution in [0.5, 0.6) is 0 Å². The molecule has 0 aromatic carbocycles. The van der Waals surface area contributed by atoms with Gasteiger partial charge in [-0.15, -0.1) is 0 Å². The van der Waals surface area contributed by atoms with E-state index in [0.29, 0.717) is 10.8 Å². The zero-order valence-electron chi connectivity index (χ0n) is 10.9. The third-order valence-corrected chi connectivity index (χ3v) is 4.21. The Hall–Kier alpha value is -0.890. The Morgan fingerprint density at radius 1 is 1.35 bits per heavy atom. The Morgan fingerprint density at radius 3 is 2.65 bits per heavy atom. The molecule has 0 unspecified atom stereocenters. The summed E-state index contributed by atoms with van der Waals surface area (Å²) in [6, 6.07) is 5.11. The van der Waals surface area contributed by atoms with Crippen LogP contribution in [0.1, 0.15) is 45.1 Å². The van der Waals surface area contributed by atoms with E-state index in [-0.39, 0.29) is 0 Å². The van der Waals surface area contributed by atoms with Crippen molar-refractivity contribution in [2.75, 3.05) is 6.54 Å². The van der Waals surface area contributed by atoms with Crippen molar-refractivity contribution in [3.05, 3.63) is 30.1 Å². The second-order valence-electron chi connectivity index (χ2n) is 6.69. The molecule has 2 fully saturated rings. The maximum atomic E-state index is 4.30. The maximum absolute atomic E-state index is 4.30. The molecule has 2 aliphatic rings. The van der Waals surface area contributed by atoms with Crippen LogP contribution in [0.15, 0.2) is 24.5 Å². The van der Waals surface area contributed by atoms with Crippen LogP contribution in [0.2, 0.25) is 0 Å². The van der Waals surface area contributed by atoms with Crippen LogP contribution >= 0.6 is 0 Å². The fraction of sp³-hybridized carbons (Fsp3) is 0.667. The SMILES string of the molecule is CC1(C)CC(CNC2CC2)(c2cccnc2)C1. The van der Waals surface area contributed by atoms with Gasteiger partial charge in [-0.05, 0) is 42.7 Å². The smallest absolute Gasteiger partial charge is 0.0306 e. The predicted octanol–water partition coefficient (Wildman–Crippen LogP) is 2.89. The standard InChI is InChI=1S/C15H22N2/c1-14(2)9-15(10-14,11-17-13-5-6-13)12-4-3-7-16-8-12/h3-4,7-8,13,17H,5-6,9-11H2,1-2H3. The van der Waals surface area contributed by atoms with Crippen molar-refractivity contribution in [3.63, 3.8) is 0 Å². The Bertz CT molecular complexity index is 385. The second-order valence-corrected chi connectivity index (χ2v) is 6.69. The topological polar surface area (TPSA) is 24.9 Å². The summed E-state index contributed by atoms with van der Waals surface area (Å²) in [5.74, 6) is 0. The average Bonchev–Trinajstić information content (AvgIpc) is 3.08. The van der Waals surface area contributed by atoms with Crippen LogP contribution < -0.4 is 5.32 Å². The highest BCUT2D eigenvalue weighted by atomic mass is 15.0. The van der Waals surface area contributed by atoms with Crippen LogP contribution in [0.25, 0.3) is 0 Å². The first-order valence-electron chi connectivity index (χ1n) is 6.74. The highest BCUT2D eigenvalue weighted by molar-refractivity contribution is 5.28. The molecule has 1 heterocycles. The van der Waals surface area contributed by atoms with Crippen LogP contribution in [0.3, 0.4) is 0 Å². The van der Waals surface area contributed by atoms with Crippen LogP contribution in [-0.2, 0) is 5.41 Å². The largest absolute Gasteiger partial charge is 0.313 e. The van der Waals surface area contributed by atoms with Crippen molar-refractivity contribution in [3.8, 4) is 0 Å². The zero-order valence-corrected chi connectivity index (χ0v) is 10.9. The first-order chi connectivity index (χ1) is 8.10. The van der Waals surface area contributed by atoms with Crippen LogP contribution in [-0.4, -0.2) is 17.6 Å². The lowest BCUT2D eigenvalue weighted by Gasteiger charge is -2.54. The highest BCUT2D eigenvalue weighted by Gasteiger charge is 2.50. The molecule has 17 heavy (non-hydrogen) atoms. The van der Waals surface area contributed by atoms with E-state index in [2.05, 4.69) is 42.5 Å². The van der Waals surface area contributed by atoms with E-state index in [1.807, 2.05) is 6.20 Å². The van der Waals surface area contributed by atoms with Crippen LogP contribution in [0, 0.1) is 5.41 Å². The van der Waals surface area contributed by atoms with E-state index >= 15 is 0 Å². The van der Waals surface area contributed by atoms with Crippen molar-refractivity contribution in [1.82, 2.24) is 10.3 Å². The molecule has 2 saturated carbocycles. The minimum Gasteiger partial charge on any atom is -0.313 e. The van der Waals surface area contributed by atoms with Gasteiger partial charge in [-0.25, -0.2) is 0 Å². The lowest BCUT2D eigenvalue weighted by molar-refractivity contribution is 0.0557. The van der Waals surface area contributed by atoms with Crippen molar-refractivity contribution >= 4 is 0 Å². The molecule has 0 amide bonds. The molecule has 92 valence electrons. The summed E-state index contributed by atoms with van der Waals surface area (Å²) in [5, 5.41) is 3.71. The molecule has 0 aliphatic heterocycles. The zero-order chi connectivity index (χ0) is 11.9. The minimum absolute atomic E-state index is 0.348. The molecule has 2 nitrogen and oxygen atoms in total. The monoisotopic (exact) mass is 230 g/mol. The Labute approximate surface area is 104 Å². The van der Waals surface area contributed by atoms with Gasteiger partial charge in [0.05, 0.1) is 0 Å². The van der Waals surface area contributed by atoms with Gasteiger partial charge in [-0.3, -0.25) is 4.98 Å². The molecule has 1 aromatic rings. The molecule has 0 saturated heterocycles. The van der Waals surface area contributed by atoms with Crippen LogP contribution in [0.4, 0.5) is 0 Å². The van der Waals surface area contributed by atoms with Gasteiger partial charge in [0.25, 0.3) is 0 Å². The number of nitrogens with zero attached hydrogens (tertiary/aromatic N) is 1. The molecule has 2 aliphatic carbocycles. The summed E-state index contributed by atoms with van der Waals surface area (Å²) < 4.78 is 0. The Kier molecular flexibility index (Phi) is 2.51. The lowest BCUT2D eigenvalue weighted by atomic mass is 9.52. The number of aromatic nitrogens is 1. The van der Waals surface area contributed by atoms with Gasteiger partial charge in [0.2, 0.25) is 0 Å².